The Morgan fingerprint density at radius 2 is 2.32 bits per heavy atom. The van der Waals surface area contributed by atoms with Gasteiger partial charge in [0.2, 0.25) is 5.91 Å². The van der Waals surface area contributed by atoms with Gasteiger partial charge in [-0.1, -0.05) is 17.4 Å². The molecule has 4 rings (SSSR count). The van der Waals surface area contributed by atoms with Crippen LogP contribution in [0.15, 0.2) is 35.8 Å². The maximum atomic E-state index is 12.5. The number of nitrogens with one attached hydrogen (secondary N) is 1. The fourth-order valence-electron chi connectivity index (χ4n) is 3.17. The molecule has 1 saturated heterocycles. The van der Waals surface area contributed by atoms with Gasteiger partial charge in [0.1, 0.15) is 10.3 Å². The molecule has 3 aromatic rings. The molecule has 1 amide bonds. The fraction of sp³-hybridized carbons (Fsp3) is 0.389. The molecule has 1 fully saturated rings. The van der Waals surface area contributed by atoms with Crippen LogP contribution < -0.4 is 10.2 Å². The summed E-state index contributed by atoms with van der Waals surface area (Å²) >= 11 is 3.34. The van der Waals surface area contributed by atoms with Crippen molar-refractivity contribution in [3.8, 4) is 0 Å². The molecule has 1 atom stereocenters. The van der Waals surface area contributed by atoms with Crippen molar-refractivity contribution in [1.29, 1.82) is 0 Å². The van der Waals surface area contributed by atoms with Gasteiger partial charge in [0.25, 0.3) is 0 Å². The number of carbonyl (C=O) groups is 1. The lowest BCUT2D eigenvalue weighted by Gasteiger charge is -2.31. The smallest absolute Gasteiger partial charge is 0.224 e. The number of carbonyl (C=O) groups excluding carboxylic acids is 1. The van der Waals surface area contributed by atoms with E-state index in [4.69, 9.17) is 0 Å². The van der Waals surface area contributed by atoms with Crippen LogP contribution in [0.4, 0.5) is 5.13 Å². The second kappa shape index (κ2) is 7.49. The van der Waals surface area contributed by atoms with Crippen LogP contribution >= 0.6 is 22.7 Å². The van der Waals surface area contributed by atoms with Gasteiger partial charge in [-0.25, -0.2) is 9.97 Å². The second-order valence-electron chi connectivity index (χ2n) is 6.23. The first-order valence-electron chi connectivity index (χ1n) is 8.56. The monoisotopic (exact) mass is 372 g/mol. The molecule has 0 spiro atoms. The van der Waals surface area contributed by atoms with Crippen molar-refractivity contribution in [2.24, 2.45) is 5.92 Å². The highest BCUT2D eigenvalue weighted by molar-refractivity contribution is 7.21. The topological polar surface area (TPSA) is 58.1 Å². The number of anilines is 1. The van der Waals surface area contributed by atoms with Crippen LogP contribution in [0.5, 0.6) is 0 Å². The number of thiophene rings is 1. The molecule has 0 saturated carbocycles. The molecule has 0 bridgehead atoms. The minimum atomic E-state index is 0.0389. The van der Waals surface area contributed by atoms with Crippen molar-refractivity contribution in [2.75, 3.05) is 24.5 Å². The summed E-state index contributed by atoms with van der Waals surface area (Å²) in [5.41, 5.74) is 0.935. The number of fused-ring (bicyclic) bond motifs is 1. The molecular formula is C18H20N4OS2. The average Bonchev–Trinajstić information content (AvgIpc) is 3.31. The normalized spacial score (nSPS) is 17.8. The van der Waals surface area contributed by atoms with E-state index in [1.807, 2.05) is 18.2 Å². The second-order valence-corrected chi connectivity index (χ2v) is 8.22. The summed E-state index contributed by atoms with van der Waals surface area (Å²) in [6.07, 6.45) is 4.67. The fourth-order valence-corrected chi connectivity index (χ4v) is 4.82. The van der Waals surface area contributed by atoms with Crippen LogP contribution in [0.25, 0.3) is 10.3 Å². The largest absolute Gasteiger partial charge is 0.355 e. The van der Waals surface area contributed by atoms with Crippen LogP contribution in [0.2, 0.25) is 0 Å². The van der Waals surface area contributed by atoms with Crippen LogP contribution in [0, 0.1) is 5.92 Å². The minimum absolute atomic E-state index is 0.0389. The molecule has 4 heterocycles. The predicted molar refractivity (Wildman–Crippen MR) is 103 cm³/mol. The average molecular weight is 373 g/mol. The van der Waals surface area contributed by atoms with Gasteiger partial charge in [-0.15, -0.1) is 11.3 Å². The van der Waals surface area contributed by atoms with Crippen LogP contribution in [0.1, 0.15) is 17.7 Å². The first-order valence-corrected chi connectivity index (χ1v) is 10.3. The van der Waals surface area contributed by atoms with E-state index < -0.39 is 0 Å². The molecule has 1 aliphatic rings. The van der Waals surface area contributed by atoms with Gasteiger partial charge < -0.3 is 10.2 Å². The van der Waals surface area contributed by atoms with Crippen molar-refractivity contribution >= 4 is 44.1 Å². The quantitative estimate of drug-likeness (QED) is 0.746. The maximum Gasteiger partial charge on any atom is 0.224 e. The highest BCUT2D eigenvalue weighted by Gasteiger charge is 2.27. The maximum absolute atomic E-state index is 12.5. The number of pyridine rings is 1. The number of hydrogen-bond acceptors (Lipinski definition) is 6. The Morgan fingerprint density at radius 3 is 3.16 bits per heavy atom. The highest BCUT2D eigenvalue weighted by atomic mass is 32.1. The van der Waals surface area contributed by atoms with Gasteiger partial charge in [-0.3, -0.25) is 4.79 Å². The van der Waals surface area contributed by atoms with Crippen molar-refractivity contribution in [3.05, 3.63) is 40.7 Å². The Labute approximate surface area is 154 Å². The molecule has 0 unspecified atom stereocenters. The first-order chi connectivity index (χ1) is 12.3. The van der Waals surface area contributed by atoms with Crippen LogP contribution in [-0.2, 0) is 11.2 Å². The van der Waals surface area contributed by atoms with E-state index in [0.717, 1.165) is 47.8 Å². The van der Waals surface area contributed by atoms with Crippen molar-refractivity contribution in [1.82, 2.24) is 15.3 Å². The summed E-state index contributed by atoms with van der Waals surface area (Å²) in [6, 6.07) is 8.06. The molecule has 5 nitrogen and oxygen atoms in total. The van der Waals surface area contributed by atoms with Crippen LogP contribution in [-0.4, -0.2) is 35.5 Å². The van der Waals surface area contributed by atoms with Gasteiger partial charge >= 0.3 is 0 Å². The third-order valence-electron chi connectivity index (χ3n) is 4.47. The molecular weight excluding hydrogens is 352 g/mol. The first kappa shape index (κ1) is 16.5. The summed E-state index contributed by atoms with van der Waals surface area (Å²) in [5.74, 6) is 0.206. The summed E-state index contributed by atoms with van der Waals surface area (Å²) in [4.78, 5) is 26.1. The van der Waals surface area contributed by atoms with E-state index in [0.29, 0.717) is 6.54 Å². The Balaban J connectivity index is 1.36. The SMILES string of the molecule is O=C(NCCc1cccs1)[C@@H]1CCCN(c2nc3cccnc3s2)C1. The lowest BCUT2D eigenvalue weighted by atomic mass is 9.97. The Bertz CT molecular complexity index is 813. The minimum Gasteiger partial charge on any atom is -0.355 e. The molecule has 130 valence electrons. The summed E-state index contributed by atoms with van der Waals surface area (Å²) in [5, 5.41) is 6.15. The number of nitrogens with zero attached hydrogens (tertiary/aromatic N) is 3. The molecule has 1 aliphatic heterocycles. The molecule has 0 aromatic carbocycles. The van der Waals surface area contributed by atoms with E-state index in [1.54, 1.807) is 28.9 Å². The van der Waals surface area contributed by atoms with Gasteiger partial charge in [0.05, 0.1) is 5.92 Å². The number of piperidine rings is 1. The number of rotatable bonds is 5. The molecule has 25 heavy (non-hydrogen) atoms. The van der Waals surface area contributed by atoms with E-state index in [1.165, 1.54) is 4.88 Å². The van der Waals surface area contributed by atoms with Crippen molar-refractivity contribution in [2.45, 2.75) is 19.3 Å². The highest BCUT2D eigenvalue weighted by Crippen LogP contribution is 2.30. The Hall–Kier alpha value is -1.99. The Kier molecular flexibility index (Phi) is 4.94. The summed E-state index contributed by atoms with van der Waals surface area (Å²) in [6.45, 7) is 2.41. The number of aromatic nitrogens is 2. The van der Waals surface area contributed by atoms with E-state index in [-0.39, 0.29) is 11.8 Å². The number of amides is 1. The molecule has 0 aliphatic carbocycles. The lowest BCUT2D eigenvalue weighted by molar-refractivity contribution is -0.125. The zero-order valence-corrected chi connectivity index (χ0v) is 15.5. The summed E-state index contributed by atoms with van der Waals surface area (Å²) in [7, 11) is 0. The van der Waals surface area contributed by atoms with E-state index in [2.05, 4.69) is 31.6 Å². The van der Waals surface area contributed by atoms with Crippen LogP contribution in [0.3, 0.4) is 0 Å². The molecule has 1 N–H and O–H groups in total. The molecule has 3 aromatic heterocycles. The molecule has 7 heteroatoms. The zero-order valence-electron chi connectivity index (χ0n) is 13.9. The predicted octanol–water partition coefficient (Wildman–Crippen LogP) is 3.33. The summed E-state index contributed by atoms with van der Waals surface area (Å²) < 4.78 is 0. The van der Waals surface area contributed by atoms with E-state index in [9.17, 15) is 4.79 Å². The number of hydrogen-bond donors (Lipinski definition) is 1. The number of thiazole rings is 1. The lowest BCUT2D eigenvalue weighted by Crippen LogP contribution is -2.43. The van der Waals surface area contributed by atoms with Gasteiger partial charge in [0.15, 0.2) is 5.13 Å². The third-order valence-corrected chi connectivity index (χ3v) is 6.44. The third kappa shape index (κ3) is 3.82. The van der Waals surface area contributed by atoms with Crippen molar-refractivity contribution < 1.29 is 4.79 Å². The zero-order chi connectivity index (χ0) is 17.1. The van der Waals surface area contributed by atoms with E-state index >= 15 is 0 Å². The standard InChI is InChI=1S/C18H20N4OS2/c23-16(19-9-7-14-5-3-11-24-14)13-4-2-10-22(12-13)18-21-15-6-1-8-20-17(15)25-18/h1,3,5-6,8,11,13H,2,4,7,9-10,12H2,(H,19,23)/t13-/m1/s1. The van der Waals surface area contributed by atoms with Gasteiger partial charge in [0, 0.05) is 30.7 Å². The van der Waals surface area contributed by atoms with Gasteiger partial charge in [-0.2, -0.15) is 0 Å². The van der Waals surface area contributed by atoms with Crippen molar-refractivity contribution in [3.63, 3.8) is 0 Å². The van der Waals surface area contributed by atoms with Gasteiger partial charge in [-0.05, 0) is 42.8 Å². The Morgan fingerprint density at radius 1 is 1.36 bits per heavy atom. The molecule has 0 radical (unpaired) electrons.